The Bertz CT molecular complexity index is 635. The number of hydrogen-bond donors (Lipinski definition) is 2. The third-order valence-corrected chi connectivity index (χ3v) is 3.10. The number of ether oxygens (including phenoxy) is 1. The molecule has 2 rings (SSSR count). The van der Waals surface area contributed by atoms with Crippen LogP contribution in [0.15, 0.2) is 48.5 Å². The van der Waals surface area contributed by atoms with Crippen LogP contribution in [-0.2, 0) is 0 Å². The number of nitrogens with one attached hydrogen (secondary N) is 1. The number of aryl methyl sites for hydroxylation is 1. The molecule has 0 saturated carbocycles. The zero-order valence-corrected chi connectivity index (χ0v) is 11.9. The molecule has 4 nitrogen and oxygen atoms in total. The lowest BCUT2D eigenvalue weighted by Gasteiger charge is -2.15. The van der Waals surface area contributed by atoms with Crippen LogP contribution in [0.4, 0.5) is 5.69 Å². The summed E-state index contributed by atoms with van der Waals surface area (Å²) in [5, 5.41) is 22.0. The van der Waals surface area contributed by atoms with E-state index < -0.39 is 6.10 Å². The summed E-state index contributed by atoms with van der Waals surface area (Å²) < 4.78 is 5.59. The van der Waals surface area contributed by atoms with E-state index in [1.807, 2.05) is 43.3 Å². The van der Waals surface area contributed by atoms with Crippen LogP contribution < -0.4 is 10.1 Å². The van der Waals surface area contributed by atoms with Gasteiger partial charge in [0.25, 0.3) is 0 Å². The molecule has 0 aromatic heterocycles. The lowest BCUT2D eigenvalue weighted by Crippen LogP contribution is -2.26. The van der Waals surface area contributed by atoms with Crippen LogP contribution in [-0.4, -0.2) is 24.4 Å². The maximum Gasteiger partial charge on any atom is 0.122 e. The van der Waals surface area contributed by atoms with E-state index >= 15 is 0 Å². The van der Waals surface area contributed by atoms with Crippen LogP contribution in [0.2, 0.25) is 0 Å². The fourth-order valence-electron chi connectivity index (χ4n) is 1.93. The average molecular weight is 282 g/mol. The molecule has 1 unspecified atom stereocenters. The second-order valence-corrected chi connectivity index (χ2v) is 4.77. The van der Waals surface area contributed by atoms with Crippen molar-refractivity contribution in [1.29, 1.82) is 5.26 Å². The highest BCUT2D eigenvalue weighted by atomic mass is 16.5. The van der Waals surface area contributed by atoms with Gasteiger partial charge in [-0.3, -0.25) is 0 Å². The fourth-order valence-corrected chi connectivity index (χ4v) is 1.93. The van der Waals surface area contributed by atoms with Crippen molar-refractivity contribution in [2.75, 3.05) is 18.5 Å². The standard InChI is InChI=1S/C17H18N2O2/c1-13-6-2-5-9-17(13)21-12-15(20)11-19-16-8-4-3-7-14(16)10-18/h2-9,15,19-20H,11-12H2,1H3. The van der Waals surface area contributed by atoms with Gasteiger partial charge in [0.2, 0.25) is 0 Å². The second-order valence-electron chi connectivity index (χ2n) is 4.77. The van der Waals surface area contributed by atoms with Crippen LogP contribution in [0.1, 0.15) is 11.1 Å². The third-order valence-electron chi connectivity index (χ3n) is 3.10. The maximum atomic E-state index is 9.96. The fraction of sp³-hybridized carbons (Fsp3) is 0.235. The number of benzene rings is 2. The number of para-hydroxylation sites is 2. The molecular formula is C17H18N2O2. The van der Waals surface area contributed by atoms with Crippen molar-refractivity contribution in [3.05, 3.63) is 59.7 Å². The normalized spacial score (nSPS) is 11.5. The molecular weight excluding hydrogens is 264 g/mol. The Labute approximate surface area is 124 Å². The first-order valence-electron chi connectivity index (χ1n) is 6.80. The van der Waals surface area contributed by atoms with E-state index in [1.165, 1.54) is 0 Å². The molecule has 0 amide bonds. The first-order valence-corrected chi connectivity index (χ1v) is 6.80. The van der Waals surface area contributed by atoms with Gasteiger partial charge in [-0.1, -0.05) is 30.3 Å². The van der Waals surface area contributed by atoms with Crippen LogP contribution in [0.25, 0.3) is 0 Å². The van der Waals surface area contributed by atoms with E-state index in [9.17, 15) is 5.11 Å². The molecule has 0 spiro atoms. The van der Waals surface area contributed by atoms with Crippen LogP contribution in [0, 0.1) is 18.3 Å². The van der Waals surface area contributed by atoms with Gasteiger partial charge in [0.1, 0.15) is 24.5 Å². The minimum absolute atomic E-state index is 0.201. The molecule has 108 valence electrons. The highest BCUT2D eigenvalue weighted by molar-refractivity contribution is 5.57. The molecule has 4 heteroatoms. The number of rotatable bonds is 6. The number of aliphatic hydroxyl groups excluding tert-OH is 1. The van der Waals surface area contributed by atoms with Crippen molar-refractivity contribution in [3.63, 3.8) is 0 Å². The summed E-state index contributed by atoms with van der Waals surface area (Å²) in [5.41, 5.74) is 2.31. The molecule has 21 heavy (non-hydrogen) atoms. The summed E-state index contributed by atoms with van der Waals surface area (Å²) in [6.07, 6.45) is -0.656. The summed E-state index contributed by atoms with van der Waals surface area (Å²) in [6.45, 7) is 2.49. The number of aliphatic hydroxyl groups is 1. The molecule has 0 bridgehead atoms. The van der Waals surface area contributed by atoms with E-state index in [1.54, 1.807) is 12.1 Å². The van der Waals surface area contributed by atoms with Crippen molar-refractivity contribution in [2.24, 2.45) is 0 Å². The summed E-state index contributed by atoms with van der Waals surface area (Å²) in [4.78, 5) is 0. The Balaban J connectivity index is 1.84. The van der Waals surface area contributed by atoms with E-state index in [-0.39, 0.29) is 6.61 Å². The van der Waals surface area contributed by atoms with Crippen molar-refractivity contribution in [1.82, 2.24) is 0 Å². The average Bonchev–Trinajstić information content (AvgIpc) is 2.52. The van der Waals surface area contributed by atoms with Gasteiger partial charge in [-0.15, -0.1) is 0 Å². The zero-order valence-electron chi connectivity index (χ0n) is 11.9. The van der Waals surface area contributed by atoms with Crippen LogP contribution in [0.5, 0.6) is 5.75 Å². The Kier molecular flexibility index (Phi) is 5.19. The SMILES string of the molecule is Cc1ccccc1OCC(O)CNc1ccccc1C#N. The van der Waals surface area contributed by atoms with Crippen molar-refractivity contribution >= 4 is 5.69 Å². The summed E-state index contributed by atoms with van der Waals surface area (Å²) in [5.74, 6) is 0.772. The monoisotopic (exact) mass is 282 g/mol. The Morgan fingerprint density at radius 3 is 2.67 bits per heavy atom. The molecule has 0 fully saturated rings. The Morgan fingerprint density at radius 1 is 1.19 bits per heavy atom. The summed E-state index contributed by atoms with van der Waals surface area (Å²) in [7, 11) is 0. The lowest BCUT2D eigenvalue weighted by molar-refractivity contribution is 0.117. The van der Waals surface area contributed by atoms with E-state index in [0.29, 0.717) is 12.1 Å². The lowest BCUT2D eigenvalue weighted by atomic mass is 10.2. The zero-order chi connectivity index (χ0) is 15.1. The van der Waals surface area contributed by atoms with E-state index in [2.05, 4.69) is 11.4 Å². The minimum Gasteiger partial charge on any atom is -0.491 e. The molecule has 2 N–H and O–H groups in total. The molecule has 0 heterocycles. The second kappa shape index (κ2) is 7.32. The van der Waals surface area contributed by atoms with Gasteiger partial charge in [-0.25, -0.2) is 0 Å². The molecule has 2 aromatic carbocycles. The highest BCUT2D eigenvalue weighted by Gasteiger charge is 2.08. The first-order chi connectivity index (χ1) is 10.2. The molecule has 0 saturated heterocycles. The molecule has 0 radical (unpaired) electrons. The summed E-state index contributed by atoms with van der Waals surface area (Å²) in [6, 6.07) is 17.0. The van der Waals surface area contributed by atoms with Gasteiger partial charge >= 0.3 is 0 Å². The van der Waals surface area contributed by atoms with E-state index in [0.717, 1.165) is 17.0 Å². The Morgan fingerprint density at radius 2 is 1.90 bits per heavy atom. The largest absolute Gasteiger partial charge is 0.491 e. The number of nitrogens with zero attached hydrogens (tertiary/aromatic N) is 1. The molecule has 0 aliphatic carbocycles. The van der Waals surface area contributed by atoms with Crippen molar-refractivity contribution in [2.45, 2.75) is 13.0 Å². The van der Waals surface area contributed by atoms with Crippen LogP contribution >= 0.6 is 0 Å². The van der Waals surface area contributed by atoms with E-state index in [4.69, 9.17) is 10.00 Å². The number of nitriles is 1. The number of hydrogen-bond acceptors (Lipinski definition) is 4. The summed E-state index contributed by atoms with van der Waals surface area (Å²) >= 11 is 0. The third kappa shape index (κ3) is 4.23. The topological polar surface area (TPSA) is 65.3 Å². The quantitative estimate of drug-likeness (QED) is 0.855. The predicted molar refractivity (Wildman–Crippen MR) is 82.3 cm³/mol. The van der Waals surface area contributed by atoms with Crippen molar-refractivity contribution < 1.29 is 9.84 Å². The van der Waals surface area contributed by atoms with Gasteiger partial charge in [-0.2, -0.15) is 5.26 Å². The van der Waals surface area contributed by atoms with Gasteiger partial charge in [0.15, 0.2) is 0 Å². The van der Waals surface area contributed by atoms with Gasteiger partial charge in [0, 0.05) is 6.54 Å². The minimum atomic E-state index is -0.656. The van der Waals surface area contributed by atoms with Gasteiger partial charge in [0.05, 0.1) is 11.3 Å². The highest BCUT2D eigenvalue weighted by Crippen LogP contribution is 2.17. The predicted octanol–water partition coefficient (Wildman–Crippen LogP) is 2.72. The molecule has 1 atom stereocenters. The smallest absolute Gasteiger partial charge is 0.122 e. The van der Waals surface area contributed by atoms with Crippen LogP contribution in [0.3, 0.4) is 0 Å². The molecule has 2 aromatic rings. The maximum absolute atomic E-state index is 9.96. The number of anilines is 1. The molecule has 0 aliphatic rings. The molecule has 0 aliphatic heterocycles. The Hall–Kier alpha value is -2.51. The van der Waals surface area contributed by atoms with Gasteiger partial charge in [-0.05, 0) is 30.7 Å². The van der Waals surface area contributed by atoms with Crippen molar-refractivity contribution in [3.8, 4) is 11.8 Å². The first kappa shape index (κ1) is 14.9. The van der Waals surface area contributed by atoms with Gasteiger partial charge < -0.3 is 15.2 Å².